The van der Waals surface area contributed by atoms with Gasteiger partial charge in [0.2, 0.25) is 5.13 Å². The first-order valence-electron chi connectivity index (χ1n) is 8.89. The molecule has 1 N–H and O–H groups in total. The van der Waals surface area contributed by atoms with Crippen molar-refractivity contribution in [2.75, 3.05) is 45.2 Å². The number of aryl methyl sites for hydroxylation is 1. The minimum Gasteiger partial charge on any atom is -0.497 e. The molecular formula is C18H27IN6OS. The molecule has 0 amide bonds. The van der Waals surface area contributed by atoms with Crippen LogP contribution in [0.2, 0.25) is 0 Å². The second kappa shape index (κ2) is 10.6. The van der Waals surface area contributed by atoms with Gasteiger partial charge >= 0.3 is 0 Å². The van der Waals surface area contributed by atoms with Crippen LogP contribution in [0.5, 0.6) is 5.75 Å². The first-order chi connectivity index (χ1) is 12.7. The van der Waals surface area contributed by atoms with Gasteiger partial charge in [0, 0.05) is 57.7 Å². The van der Waals surface area contributed by atoms with Crippen LogP contribution >= 0.6 is 35.5 Å². The van der Waals surface area contributed by atoms with Gasteiger partial charge in [-0.25, -0.2) is 4.98 Å². The Balaban J connectivity index is 0.00000261. The number of rotatable bonds is 5. The average molecular weight is 502 g/mol. The number of methoxy groups -OCH3 is 1. The molecule has 0 radical (unpaired) electrons. The number of benzene rings is 1. The maximum absolute atomic E-state index is 5.20. The number of hydrogen-bond donors (Lipinski definition) is 1. The molecule has 0 unspecified atom stereocenters. The third-order valence-corrected chi connectivity index (χ3v) is 5.26. The Kier molecular flexibility index (Phi) is 8.55. The number of nitrogens with one attached hydrogen (secondary N) is 1. The van der Waals surface area contributed by atoms with Crippen LogP contribution in [-0.4, -0.2) is 60.6 Å². The summed E-state index contributed by atoms with van der Waals surface area (Å²) in [6.45, 7) is 6.53. The summed E-state index contributed by atoms with van der Waals surface area (Å²) in [4.78, 5) is 13.6. The molecule has 1 aliphatic rings. The Labute approximate surface area is 182 Å². The van der Waals surface area contributed by atoms with Crippen molar-refractivity contribution in [2.45, 2.75) is 19.9 Å². The van der Waals surface area contributed by atoms with Gasteiger partial charge in [-0.2, -0.15) is 4.37 Å². The zero-order valence-corrected chi connectivity index (χ0v) is 19.2. The number of anilines is 1. The van der Waals surface area contributed by atoms with E-state index >= 15 is 0 Å². The second-order valence-corrected chi connectivity index (χ2v) is 6.80. The molecule has 27 heavy (non-hydrogen) atoms. The van der Waals surface area contributed by atoms with Gasteiger partial charge in [0.05, 0.1) is 7.11 Å². The van der Waals surface area contributed by atoms with Crippen molar-refractivity contribution in [2.24, 2.45) is 4.99 Å². The van der Waals surface area contributed by atoms with E-state index in [1.165, 1.54) is 17.1 Å². The van der Waals surface area contributed by atoms with E-state index in [0.29, 0.717) is 0 Å². The van der Waals surface area contributed by atoms with Crippen molar-refractivity contribution in [1.29, 1.82) is 0 Å². The smallest absolute Gasteiger partial charge is 0.205 e. The number of nitrogens with zero attached hydrogens (tertiary/aromatic N) is 5. The fourth-order valence-corrected chi connectivity index (χ4v) is 3.68. The van der Waals surface area contributed by atoms with Crippen molar-refractivity contribution < 1.29 is 4.74 Å². The largest absolute Gasteiger partial charge is 0.497 e. The molecule has 0 bridgehead atoms. The highest BCUT2D eigenvalue weighted by atomic mass is 127. The zero-order valence-electron chi connectivity index (χ0n) is 16.0. The molecule has 2 aromatic rings. The van der Waals surface area contributed by atoms with Crippen molar-refractivity contribution in [3.63, 3.8) is 0 Å². The predicted molar refractivity (Wildman–Crippen MR) is 122 cm³/mol. The Hall–Kier alpha value is -1.62. The molecule has 1 aliphatic heterocycles. The average Bonchev–Trinajstić information content (AvgIpc) is 3.19. The third-order valence-electron chi connectivity index (χ3n) is 4.44. The van der Waals surface area contributed by atoms with Crippen molar-refractivity contribution >= 4 is 46.6 Å². The maximum Gasteiger partial charge on any atom is 0.205 e. The van der Waals surface area contributed by atoms with Gasteiger partial charge in [-0.1, -0.05) is 19.1 Å². The summed E-state index contributed by atoms with van der Waals surface area (Å²) >= 11 is 1.50. The van der Waals surface area contributed by atoms with E-state index in [1.807, 2.05) is 19.2 Å². The van der Waals surface area contributed by atoms with Crippen molar-refractivity contribution in [1.82, 2.24) is 19.6 Å². The number of ether oxygens (including phenoxy) is 1. The first-order valence-corrected chi connectivity index (χ1v) is 9.67. The molecule has 0 aliphatic carbocycles. The lowest BCUT2D eigenvalue weighted by Crippen LogP contribution is -2.52. The summed E-state index contributed by atoms with van der Waals surface area (Å²) in [6.07, 6.45) is 0.887. The normalized spacial score (nSPS) is 14.7. The Morgan fingerprint density at radius 2 is 1.93 bits per heavy atom. The number of hydrogen-bond acceptors (Lipinski definition) is 6. The Morgan fingerprint density at radius 1 is 1.22 bits per heavy atom. The van der Waals surface area contributed by atoms with E-state index < -0.39 is 0 Å². The summed E-state index contributed by atoms with van der Waals surface area (Å²) in [5, 5.41) is 4.48. The molecule has 1 aromatic heterocycles. The molecule has 0 spiro atoms. The molecule has 148 valence electrons. The van der Waals surface area contributed by atoms with Gasteiger partial charge in [0.15, 0.2) is 5.96 Å². The minimum absolute atomic E-state index is 0. The first kappa shape index (κ1) is 21.7. The SMILES string of the molecule is CCc1nsc(N2CCN(C(=NC)NCc3ccc(OC)cc3)CC2)n1.I. The van der Waals surface area contributed by atoms with Crippen LogP contribution in [0, 0.1) is 0 Å². The van der Waals surface area contributed by atoms with E-state index in [9.17, 15) is 0 Å². The highest BCUT2D eigenvalue weighted by molar-refractivity contribution is 14.0. The zero-order chi connectivity index (χ0) is 18.4. The highest BCUT2D eigenvalue weighted by Gasteiger charge is 2.21. The Bertz CT molecular complexity index is 728. The maximum atomic E-state index is 5.20. The van der Waals surface area contributed by atoms with Gasteiger partial charge in [-0.15, -0.1) is 24.0 Å². The van der Waals surface area contributed by atoms with E-state index in [1.54, 1.807) is 7.11 Å². The van der Waals surface area contributed by atoms with Crippen molar-refractivity contribution in [3.05, 3.63) is 35.7 Å². The number of aliphatic imine (C=N–C) groups is 1. The van der Waals surface area contributed by atoms with E-state index in [4.69, 9.17) is 4.74 Å². The molecule has 1 saturated heterocycles. The van der Waals surface area contributed by atoms with Crippen molar-refractivity contribution in [3.8, 4) is 5.75 Å². The lowest BCUT2D eigenvalue weighted by atomic mass is 10.2. The monoisotopic (exact) mass is 502 g/mol. The van der Waals surface area contributed by atoms with Gasteiger partial charge < -0.3 is 19.9 Å². The number of aromatic nitrogens is 2. The van der Waals surface area contributed by atoms with Crippen LogP contribution in [0.3, 0.4) is 0 Å². The van der Waals surface area contributed by atoms with Crippen LogP contribution in [0.1, 0.15) is 18.3 Å². The van der Waals surface area contributed by atoms with Gasteiger partial charge in [-0.05, 0) is 17.7 Å². The van der Waals surface area contributed by atoms with Gasteiger partial charge in [0.25, 0.3) is 0 Å². The number of guanidine groups is 1. The molecule has 9 heteroatoms. The summed E-state index contributed by atoms with van der Waals surface area (Å²) in [7, 11) is 3.51. The summed E-state index contributed by atoms with van der Waals surface area (Å²) in [5.41, 5.74) is 1.20. The number of halogens is 1. The lowest BCUT2D eigenvalue weighted by Gasteiger charge is -2.36. The summed E-state index contributed by atoms with van der Waals surface area (Å²) in [6, 6.07) is 8.09. The standard InChI is InChI=1S/C18H26N6OS.HI/c1-4-16-21-18(26-22-16)24-11-9-23(10-12-24)17(19-2)20-13-14-5-7-15(25-3)8-6-14;/h5-8H,4,9-13H2,1-3H3,(H,19,20);1H. The molecule has 1 aromatic carbocycles. The molecule has 3 rings (SSSR count). The molecular weight excluding hydrogens is 475 g/mol. The van der Waals surface area contributed by atoms with Crippen LogP contribution in [-0.2, 0) is 13.0 Å². The van der Waals surface area contributed by atoms with E-state index in [0.717, 1.165) is 61.8 Å². The second-order valence-electron chi connectivity index (χ2n) is 6.07. The fourth-order valence-electron chi connectivity index (χ4n) is 2.88. The van der Waals surface area contributed by atoms with E-state index in [-0.39, 0.29) is 24.0 Å². The van der Waals surface area contributed by atoms with Crippen LogP contribution in [0.4, 0.5) is 5.13 Å². The predicted octanol–water partition coefficient (Wildman–Crippen LogP) is 2.62. The topological polar surface area (TPSA) is 65.9 Å². The third kappa shape index (κ3) is 5.68. The molecule has 0 atom stereocenters. The van der Waals surface area contributed by atoms with Crippen LogP contribution in [0.25, 0.3) is 0 Å². The fraction of sp³-hybridized carbons (Fsp3) is 0.500. The molecule has 0 saturated carbocycles. The molecule has 7 nitrogen and oxygen atoms in total. The van der Waals surface area contributed by atoms with Crippen LogP contribution < -0.4 is 15.0 Å². The highest BCUT2D eigenvalue weighted by Crippen LogP contribution is 2.19. The Morgan fingerprint density at radius 3 is 2.48 bits per heavy atom. The number of piperazine rings is 1. The van der Waals surface area contributed by atoms with Gasteiger partial charge in [-0.3, -0.25) is 4.99 Å². The lowest BCUT2D eigenvalue weighted by molar-refractivity contribution is 0.372. The quantitative estimate of drug-likeness (QED) is 0.386. The van der Waals surface area contributed by atoms with E-state index in [2.05, 4.69) is 48.5 Å². The summed E-state index contributed by atoms with van der Waals surface area (Å²) < 4.78 is 9.59. The minimum atomic E-state index is 0. The summed E-state index contributed by atoms with van der Waals surface area (Å²) in [5.74, 6) is 2.74. The molecule has 1 fully saturated rings. The van der Waals surface area contributed by atoms with Gasteiger partial charge in [0.1, 0.15) is 11.6 Å². The van der Waals surface area contributed by atoms with Crippen LogP contribution in [0.15, 0.2) is 29.3 Å². The molecule has 2 heterocycles.